The van der Waals surface area contributed by atoms with Gasteiger partial charge < -0.3 is 10.3 Å². The highest BCUT2D eigenvalue weighted by atomic mass is 127. The maximum atomic E-state index is 5.98. The topological polar surface area (TPSA) is 69.6 Å². The van der Waals surface area contributed by atoms with E-state index in [-0.39, 0.29) is 5.41 Å². The summed E-state index contributed by atoms with van der Waals surface area (Å²) in [5.74, 6) is 1.81. The van der Waals surface area contributed by atoms with Gasteiger partial charge in [0.05, 0.1) is 9.26 Å². The van der Waals surface area contributed by atoms with Crippen molar-refractivity contribution in [2.75, 3.05) is 5.73 Å². The molecule has 2 aromatic rings. The Hall–Kier alpha value is -1.18. The average molecular weight is 357 g/mol. The zero-order valence-corrected chi connectivity index (χ0v) is 13.1. The number of hydrogen-bond donors (Lipinski definition) is 1. The number of aromatic nitrogens is 4. The van der Waals surface area contributed by atoms with Crippen molar-refractivity contribution in [3.8, 4) is 11.6 Å². The lowest BCUT2D eigenvalue weighted by Crippen LogP contribution is -2.19. The third kappa shape index (κ3) is 2.33. The summed E-state index contributed by atoms with van der Waals surface area (Å²) in [6, 6.07) is 0. The maximum Gasteiger partial charge on any atom is 0.198 e. The first-order chi connectivity index (χ1) is 8.30. The molecule has 0 unspecified atom stereocenters. The van der Waals surface area contributed by atoms with Gasteiger partial charge in [0.1, 0.15) is 5.82 Å². The van der Waals surface area contributed by atoms with Crippen LogP contribution in [0.15, 0.2) is 12.4 Å². The number of anilines is 1. The first-order valence-corrected chi connectivity index (χ1v) is 6.69. The molecular weight excluding hydrogens is 341 g/mol. The summed E-state index contributed by atoms with van der Waals surface area (Å²) < 4.78 is 2.80. The number of nitrogen functional groups attached to an aromatic ring is 1. The van der Waals surface area contributed by atoms with Crippen LogP contribution >= 0.6 is 22.6 Å². The first-order valence-electron chi connectivity index (χ1n) is 5.62. The van der Waals surface area contributed by atoms with Gasteiger partial charge >= 0.3 is 0 Å². The van der Waals surface area contributed by atoms with E-state index in [1.165, 1.54) is 0 Å². The Kier molecular flexibility index (Phi) is 3.31. The molecule has 6 heteroatoms. The molecule has 0 saturated heterocycles. The minimum absolute atomic E-state index is 0.0759. The molecule has 0 aliphatic rings. The number of aryl methyl sites for hydroxylation is 1. The number of hydrogen-bond acceptors (Lipinski definition) is 4. The van der Waals surface area contributed by atoms with Crippen molar-refractivity contribution in [3.63, 3.8) is 0 Å². The summed E-state index contributed by atoms with van der Waals surface area (Å²) in [5.41, 5.74) is 6.86. The molecule has 5 nitrogen and oxygen atoms in total. The molecule has 0 fully saturated rings. The monoisotopic (exact) mass is 357 g/mol. The Morgan fingerprint density at radius 1 is 1.28 bits per heavy atom. The molecule has 2 heterocycles. The van der Waals surface area contributed by atoms with Crippen molar-refractivity contribution in [3.05, 3.63) is 21.7 Å². The predicted octanol–water partition coefficient (Wildman–Crippen LogP) is 2.36. The van der Waals surface area contributed by atoms with Gasteiger partial charge in [-0.2, -0.15) is 0 Å². The summed E-state index contributed by atoms with van der Waals surface area (Å²) in [6.07, 6.45) is 3.59. The van der Waals surface area contributed by atoms with Crippen LogP contribution in [0.5, 0.6) is 0 Å². The van der Waals surface area contributed by atoms with Gasteiger partial charge in [0.15, 0.2) is 11.6 Å². The highest BCUT2D eigenvalue weighted by Gasteiger charge is 2.23. The van der Waals surface area contributed by atoms with Gasteiger partial charge in [-0.3, -0.25) is 0 Å². The number of halogens is 1. The van der Waals surface area contributed by atoms with Gasteiger partial charge in [-0.25, -0.2) is 15.0 Å². The smallest absolute Gasteiger partial charge is 0.198 e. The second-order valence-electron chi connectivity index (χ2n) is 5.21. The van der Waals surface area contributed by atoms with Crippen LogP contribution < -0.4 is 5.73 Å². The van der Waals surface area contributed by atoms with Gasteiger partial charge in [-0.1, -0.05) is 20.8 Å². The Morgan fingerprint density at radius 2 is 1.94 bits per heavy atom. The van der Waals surface area contributed by atoms with Gasteiger partial charge in [0, 0.05) is 24.9 Å². The van der Waals surface area contributed by atoms with E-state index in [9.17, 15) is 0 Å². The molecule has 18 heavy (non-hydrogen) atoms. The lowest BCUT2D eigenvalue weighted by Gasteiger charge is -2.20. The SMILES string of the molecule is Cn1ccnc1-c1nc(N)c(I)c(C(C)(C)C)n1. The van der Waals surface area contributed by atoms with Gasteiger partial charge in [-0.15, -0.1) is 0 Å². The molecule has 0 aliphatic heterocycles. The standard InChI is InChI=1S/C12H16IN5/c1-12(2,3)8-7(13)9(14)17-10(16-8)11-15-5-6-18(11)4/h5-6H,1-4H3,(H2,14,16,17). The van der Waals surface area contributed by atoms with Crippen LogP contribution in [0.25, 0.3) is 11.6 Å². The second-order valence-corrected chi connectivity index (χ2v) is 6.29. The van der Waals surface area contributed by atoms with E-state index in [0.29, 0.717) is 11.6 Å². The fourth-order valence-electron chi connectivity index (χ4n) is 1.64. The van der Waals surface area contributed by atoms with Crippen LogP contribution in [0.2, 0.25) is 0 Å². The third-order valence-electron chi connectivity index (χ3n) is 2.61. The Labute approximate surface area is 120 Å². The summed E-state index contributed by atoms with van der Waals surface area (Å²) >= 11 is 2.20. The van der Waals surface area contributed by atoms with Crippen LogP contribution in [0.1, 0.15) is 26.5 Å². The molecule has 0 aromatic carbocycles. The molecule has 2 aromatic heterocycles. The van der Waals surface area contributed by atoms with E-state index in [2.05, 4.69) is 58.3 Å². The molecule has 2 N–H and O–H groups in total. The van der Waals surface area contributed by atoms with Gasteiger partial charge in [0.2, 0.25) is 0 Å². The van der Waals surface area contributed by atoms with E-state index < -0.39 is 0 Å². The lowest BCUT2D eigenvalue weighted by atomic mass is 9.92. The number of nitrogens with zero attached hydrogens (tertiary/aromatic N) is 4. The van der Waals surface area contributed by atoms with E-state index in [0.717, 1.165) is 15.1 Å². The fraction of sp³-hybridized carbons (Fsp3) is 0.417. The highest BCUT2D eigenvalue weighted by molar-refractivity contribution is 14.1. The minimum Gasteiger partial charge on any atom is -0.383 e. The van der Waals surface area contributed by atoms with Crippen molar-refractivity contribution in [2.45, 2.75) is 26.2 Å². The van der Waals surface area contributed by atoms with Gasteiger partial charge in [0.25, 0.3) is 0 Å². The quantitative estimate of drug-likeness (QED) is 0.796. The molecule has 0 atom stereocenters. The van der Waals surface area contributed by atoms with Gasteiger partial charge in [-0.05, 0) is 22.6 Å². The third-order valence-corrected chi connectivity index (χ3v) is 3.67. The van der Waals surface area contributed by atoms with E-state index in [1.807, 2.05) is 17.8 Å². The lowest BCUT2D eigenvalue weighted by molar-refractivity contribution is 0.564. The van der Waals surface area contributed by atoms with Crippen LogP contribution in [-0.2, 0) is 12.5 Å². The van der Waals surface area contributed by atoms with Crippen LogP contribution in [-0.4, -0.2) is 19.5 Å². The Balaban J connectivity index is 2.66. The minimum atomic E-state index is -0.0759. The molecule has 96 valence electrons. The van der Waals surface area contributed by atoms with Crippen molar-refractivity contribution < 1.29 is 0 Å². The largest absolute Gasteiger partial charge is 0.383 e. The summed E-state index contributed by atoms with van der Waals surface area (Å²) in [7, 11) is 1.91. The zero-order valence-electron chi connectivity index (χ0n) is 10.9. The van der Waals surface area contributed by atoms with E-state index >= 15 is 0 Å². The summed E-state index contributed by atoms with van der Waals surface area (Å²) in [6.45, 7) is 6.33. The van der Waals surface area contributed by atoms with E-state index in [1.54, 1.807) is 6.20 Å². The zero-order chi connectivity index (χ0) is 13.5. The second kappa shape index (κ2) is 4.49. The number of nitrogens with two attached hydrogens (primary N) is 1. The molecule has 0 spiro atoms. The Morgan fingerprint density at radius 3 is 2.44 bits per heavy atom. The Bertz CT molecular complexity index is 583. The molecule has 0 bridgehead atoms. The fourth-order valence-corrected chi connectivity index (χ4v) is 2.69. The maximum absolute atomic E-state index is 5.98. The number of imidazole rings is 1. The van der Waals surface area contributed by atoms with Crippen molar-refractivity contribution in [1.29, 1.82) is 0 Å². The van der Waals surface area contributed by atoms with Crippen molar-refractivity contribution in [1.82, 2.24) is 19.5 Å². The highest BCUT2D eigenvalue weighted by Crippen LogP contribution is 2.29. The summed E-state index contributed by atoms with van der Waals surface area (Å²) in [4.78, 5) is 13.2. The molecule has 0 amide bonds. The molecule has 2 rings (SSSR count). The first kappa shape index (κ1) is 13.3. The normalized spacial score (nSPS) is 11.8. The molecule has 0 saturated carbocycles. The predicted molar refractivity (Wildman–Crippen MR) is 80.1 cm³/mol. The van der Waals surface area contributed by atoms with Crippen LogP contribution in [0.4, 0.5) is 5.82 Å². The summed E-state index contributed by atoms with van der Waals surface area (Å²) in [5, 5.41) is 0. The number of rotatable bonds is 1. The molecule has 0 aliphatic carbocycles. The molecular formula is C12H16IN5. The van der Waals surface area contributed by atoms with E-state index in [4.69, 9.17) is 5.73 Å². The van der Waals surface area contributed by atoms with Crippen molar-refractivity contribution in [2.24, 2.45) is 7.05 Å². The van der Waals surface area contributed by atoms with Crippen LogP contribution in [0, 0.1) is 3.57 Å². The van der Waals surface area contributed by atoms with Crippen molar-refractivity contribution >= 4 is 28.4 Å². The molecule has 0 radical (unpaired) electrons. The average Bonchev–Trinajstić information content (AvgIpc) is 2.66. The van der Waals surface area contributed by atoms with Crippen LogP contribution in [0.3, 0.4) is 0 Å².